The Bertz CT molecular complexity index is 1940. The molecule has 0 amide bonds. The normalized spacial score (nSPS) is 56.2. The van der Waals surface area contributed by atoms with Crippen molar-refractivity contribution in [2.75, 3.05) is 33.0 Å². The lowest BCUT2D eigenvalue weighted by atomic mass is 9.43. The van der Waals surface area contributed by atoms with Gasteiger partial charge in [0.2, 0.25) is 0 Å². The molecule has 26 nitrogen and oxygen atoms in total. The fourth-order valence-electron chi connectivity index (χ4n) is 15.8. The molecule has 4 saturated carbocycles. The van der Waals surface area contributed by atoms with Gasteiger partial charge in [0.05, 0.1) is 57.5 Å². The van der Waals surface area contributed by atoms with Crippen molar-refractivity contribution >= 4 is 0 Å². The van der Waals surface area contributed by atoms with Gasteiger partial charge in [-0.15, -0.1) is 0 Å². The third kappa shape index (κ3) is 10.8. The van der Waals surface area contributed by atoms with Crippen LogP contribution >= 0.6 is 0 Å². The summed E-state index contributed by atoms with van der Waals surface area (Å²) in [6.45, 7) is 5.38. The number of rotatable bonds is 16. The summed E-state index contributed by atoms with van der Waals surface area (Å²) in [4.78, 5) is 0. The first kappa shape index (κ1) is 60.5. The van der Waals surface area contributed by atoms with E-state index in [1.54, 1.807) is 0 Å². The molecule has 26 heteroatoms. The lowest BCUT2D eigenvalue weighted by Crippen LogP contribution is -2.67. The minimum atomic E-state index is -1.99. The highest BCUT2D eigenvalue weighted by atomic mass is 16.8. The molecule has 446 valence electrons. The Morgan fingerprint density at radius 3 is 1.69 bits per heavy atom. The van der Waals surface area contributed by atoms with Crippen LogP contribution in [0.5, 0.6) is 0 Å². The molecule has 17 N–H and O–H groups in total. The van der Waals surface area contributed by atoms with Crippen LogP contribution < -0.4 is 0 Å². The molecule has 9 aliphatic rings. The number of hydrogen-bond acceptors (Lipinski definition) is 26. The van der Waals surface area contributed by atoms with Crippen LogP contribution in [0.15, 0.2) is 0 Å². The van der Waals surface area contributed by atoms with Gasteiger partial charge in [-0.25, -0.2) is 0 Å². The number of ether oxygens (including phenoxy) is 9. The van der Waals surface area contributed by atoms with E-state index in [0.29, 0.717) is 25.7 Å². The zero-order valence-corrected chi connectivity index (χ0v) is 43.9. The zero-order chi connectivity index (χ0) is 56.0. The van der Waals surface area contributed by atoms with Gasteiger partial charge in [-0.1, -0.05) is 27.7 Å². The van der Waals surface area contributed by atoms with Crippen molar-refractivity contribution in [3.63, 3.8) is 0 Å². The molecule has 9 rings (SSSR count). The third-order valence-electron chi connectivity index (χ3n) is 20.1. The van der Waals surface area contributed by atoms with Crippen molar-refractivity contribution in [2.45, 2.75) is 232 Å². The average Bonchev–Trinajstić information content (AvgIpc) is 3.84. The molecular formula is C51H86O26. The van der Waals surface area contributed by atoms with E-state index in [1.165, 1.54) is 0 Å². The highest BCUT2D eigenvalue weighted by Gasteiger charge is 2.70. The topological polar surface area (TPSA) is 427 Å². The lowest BCUT2D eigenvalue weighted by Gasteiger charge is -2.63. The maximum Gasteiger partial charge on any atom is 0.187 e. The predicted molar refractivity (Wildman–Crippen MR) is 254 cm³/mol. The minimum absolute atomic E-state index is 0.0307. The van der Waals surface area contributed by atoms with Gasteiger partial charge in [0.25, 0.3) is 0 Å². The molecule has 5 aliphatic heterocycles. The standard InChI is InChI=1S/C51H86O26/c1-18(17-69-45-39(64)36(61)33(58)28(13-52)71-45)5-8-51(68)19(2)32-27(77-51)10-22-20-9-24(56)23-11-26(25(57)12-50(23,4)21(20)6-7-49(22,32)3)70-46-41(66)38(63)43(31(16-55)74-46)75-48-42(67)44(35(60)30(15-54)73-48)76-47-40(65)37(62)34(59)29(14-53)72-47/h18-48,52-68H,5-17H2,1-4H3/t18-,19+,20-,21+,22+,23-,24-,25-,26-,27+,28-,29-,30-,31-,32+,33-,34-,35-,36+,37+,38-,39-,40-,41-,42-,43+,44+,45-,46-,47+,48+,49+,50-,51+/m1/s1. The second-order valence-corrected chi connectivity index (χ2v) is 24.6. The predicted octanol–water partition coefficient (Wildman–Crippen LogP) is -6.01. The van der Waals surface area contributed by atoms with Crippen molar-refractivity contribution in [3.05, 3.63) is 0 Å². The summed E-state index contributed by atoms with van der Waals surface area (Å²) in [5.41, 5.74) is -0.757. The van der Waals surface area contributed by atoms with Crippen LogP contribution in [0.1, 0.15) is 79.1 Å². The van der Waals surface area contributed by atoms with E-state index in [2.05, 4.69) is 13.8 Å². The number of fused-ring (bicyclic) bond motifs is 7. The first-order valence-corrected chi connectivity index (χ1v) is 27.6. The zero-order valence-electron chi connectivity index (χ0n) is 43.9. The molecule has 0 aromatic rings. The van der Waals surface area contributed by atoms with Crippen LogP contribution in [-0.4, -0.2) is 273 Å². The Kier molecular flexibility index (Phi) is 18.5. The van der Waals surface area contributed by atoms with Gasteiger partial charge in [0.15, 0.2) is 30.9 Å². The summed E-state index contributed by atoms with van der Waals surface area (Å²) in [5.74, 6) is -1.73. The molecule has 0 spiro atoms. The summed E-state index contributed by atoms with van der Waals surface area (Å²) in [6.07, 6.45) is -32.3. The first-order valence-electron chi connectivity index (χ1n) is 27.6. The van der Waals surface area contributed by atoms with Gasteiger partial charge in [0, 0.05) is 12.3 Å². The smallest absolute Gasteiger partial charge is 0.187 e. The van der Waals surface area contributed by atoms with Crippen molar-refractivity contribution in [1.29, 1.82) is 0 Å². The minimum Gasteiger partial charge on any atom is -0.394 e. The van der Waals surface area contributed by atoms with Crippen LogP contribution in [0.3, 0.4) is 0 Å². The van der Waals surface area contributed by atoms with Crippen LogP contribution in [0.25, 0.3) is 0 Å². The largest absolute Gasteiger partial charge is 0.394 e. The molecule has 5 heterocycles. The van der Waals surface area contributed by atoms with E-state index in [4.69, 9.17) is 42.6 Å². The van der Waals surface area contributed by atoms with Gasteiger partial charge >= 0.3 is 0 Å². The summed E-state index contributed by atoms with van der Waals surface area (Å²) < 4.78 is 52.6. The summed E-state index contributed by atoms with van der Waals surface area (Å²) in [5, 5.41) is 183. The number of aliphatic hydroxyl groups is 17. The Morgan fingerprint density at radius 2 is 1.06 bits per heavy atom. The number of aliphatic hydroxyl groups excluding tert-OH is 16. The SMILES string of the molecule is C[C@H](CC[C@]1(O)O[C@H]2C[C@H]3[C@@H]4C[C@@H](O)[C@H]5C[C@@H](O[C@@H]6O[C@H](CO)[C@H](O[C@@H]7O[C@H](CO)[C@@H](O)[C@H](O[C@@H]8O[C@H](CO)[C@@H](O)[C@H](O)[C@H]8O)[C@H]7O)[C@H](O)[C@H]6O)[C@H](O)C[C@]5(C)[C@H]4CC[C@]3(C)[C@H]2[C@@H]1C)CO[C@@H]1O[C@H](CO)[C@@H](O)[C@H](O)[C@H]1O. The molecule has 34 atom stereocenters. The average molecular weight is 1120 g/mol. The van der Waals surface area contributed by atoms with Crippen LogP contribution in [0.2, 0.25) is 0 Å². The summed E-state index contributed by atoms with van der Waals surface area (Å²) in [6, 6.07) is 0. The quantitative estimate of drug-likeness (QED) is 0.0640. The van der Waals surface area contributed by atoms with Gasteiger partial charge in [-0.3, -0.25) is 0 Å². The van der Waals surface area contributed by atoms with Gasteiger partial charge in [-0.2, -0.15) is 0 Å². The Hall–Kier alpha value is -1.04. The van der Waals surface area contributed by atoms with E-state index in [1.807, 2.05) is 13.8 Å². The molecule has 0 radical (unpaired) electrons. The van der Waals surface area contributed by atoms with E-state index in [9.17, 15) is 86.8 Å². The highest BCUT2D eigenvalue weighted by Crippen LogP contribution is 2.71. The second kappa shape index (κ2) is 23.5. The molecule has 77 heavy (non-hydrogen) atoms. The van der Waals surface area contributed by atoms with E-state index < -0.39 is 179 Å². The van der Waals surface area contributed by atoms with Crippen LogP contribution in [0, 0.1) is 52.3 Å². The van der Waals surface area contributed by atoms with Crippen molar-refractivity contribution in [2.24, 2.45) is 52.3 Å². The number of hydrogen-bond donors (Lipinski definition) is 17. The van der Waals surface area contributed by atoms with Gasteiger partial charge in [0.1, 0.15) is 97.7 Å². The van der Waals surface area contributed by atoms with Crippen LogP contribution in [-0.2, 0) is 42.6 Å². The molecule has 4 aliphatic carbocycles. The molecule has 0 bridgehead atoms. The van der Waals surface area contributed by atoms with E-state index >= 15 is 0 Å². The maximum atomic E-state index is 12.1. The molecule has 0 unspecified atom stereocenters. The van der Waals surface area contributed by atoms with E-state index in [0.717, 1.165) is 12.8 Å². The molecule has 9 fully saturated rings. The fourth-order valence-corrected chi connectivity index (χ4v) is 15.8. The molecule has 5 saturated heterocycles. The van der Waals surface area contributed by atoms with Crippen molar-refractivity contribution in [3.8, 4) is 0 Å². The van der Waals surface area contributed by atoms with Gasteiger partial charge in [-0.05, 0) is 91.3 Å². The fraction of sp³-hybridized carbons (Fsp3) is 1.00. The highest BCUT2D eigenvalue weighted by molar-refractivity contribution is 5.17. The second-order valence-electron chi connectivity index (χ2n) is 24.6. The summed E-state index contributed by atoms with van der Waals surface area (Å²) >= 11 is 0. The third-order valence-corrected chi connectivity index (χ3v) is 20.1. The maximum absolute atomic E-state index is 12.1. The van der Waals surface area contributed by atoms with Crippen LogP contribution in [0.4, 0.5) is 0 Å². The van der Waals surface area contributed by atoms with Gasteiger partial charge < -0.3 is 129 Å². The first-order chi connectivity index (χ1) is 36.3. The molecule has 0 aromatic heterocycles. The van der Waals surface area contributed by atoms with Crippen molar-refractivity contribution in [1.82, 2.24) is 0 Å². The van der Waals surface area contributed by atoms with E-state index in [-0.39, 0.29) is 72.4 Å². The molecular weight excluding hydrogens is 1030 g/mol. The lowest BCUT2D eigenvalue weighted by molar-refractivity contribution is -0.383. The Morgan fingerprint density at radius 1 is 0.532 bits per heavy atom. The monoisotopic (exact) mass is 1110 g/mol. The Labute approximate surface area is 445 Å². The summed E-state index contributed by atoms with van der Waals surface area (Å²) in [7, 11) is 0. The van der Waals surface area contributed by atoms with Crippen molar-refractivity contribution < 1.29 is 129 Å². The Balaban J connectivity index is 0.798. The molecule has 0 aromatic carbocycles.